The van der Waals surface area contributed by atoms with Gasteiger partial charge in [0.15, 0.2) is 0 Å². The van der Waals surface area contributed by atoms with Gasteiger partial charge in [-0.25, -0.2) is 4.79 Å². The van der Waals surface area contributed by atoms with Crippen LogP contribution < -0.4 is 11.1 Å². The van der Waals surface area contributed by atoms with E-state index in [0.717, 1.165) is 0 Å². The number of hydrogen-bond donors (Lipinski definition) is 2. The highest BCUT2D eigenvalue weighted by Crippen LogP contribution is 2.15. The second kappa shape index (κ2) is 7.78. The molecule has 0 heterocycles. The lowest BCUT2D eigenvalue weighted by molar-refractivity contribution is -0.120. The fourth-order valence-corrected chi connectivity index (χ4v) is 1.89. The van der Waals surface area contributed by atoms with Crippen molar-refractivity contribution in [3.05, 3.63) is 29.8 Å². The minimum absolute atomic E-state index is 0.106. The molecule has 1 aromatic rings. The van der Waals surface area contributed by atoms with E-state index in [0.29, 0.717) is 17.8 Å². The minimum Gasteiger partial charge on any atom is -0.459 e. The van der Waals surface area contributed by atoms with E-state index in [4.69, 9.17) is 10.5 Å². The highest BCUT2D eigenvalue weighted by atomic mass is 16.5. The van der Waals surface area contributed by atoms with E-state index in [1.807, 2.05) is 13.8 Å². The first kappa shape index (κ1) is 17.2. The van der Waals surface area contributed by atoms with E-state index in [1.54, 1.807) is 38.1 Å². The first-order valence-corrected chi connectivity index (χ1v) is 7.17. The summed E-state index contributed by atoms with van der Waals surface area (Å²) in [4.78, 5) is 23.8. The van der Waals surface area contributed by atoms with Gasteiger partial charge in [-0.2, -0.15) is 0 Å². The lowest BCUT2D eigenvalue weighted by Gasteiger charge is -2.18. The first-order chi connectivity index (χ1) is 9.85. The van der Waals surface area contributed by atoms with E-state index >= 15 is 0 Å². The molecule has 0 aliphatic carbocycles. The van der Waals surface area contributed by atoms with Crippen molar-refractivity contribution in [1.29, 1.82) is 0 Å². The molecule has 1 aromatic carbocycles. The predicted molar refractivity (Wildman–Crippen MR) is 83.0 cm³/mol. The summed E-state index contributed by atoms with van der Waals surface area (Å²) in [5.74, 6) is -0.527. The van der Waals surface area contributed by atoms with Gasteiger partial charge in [0.25, 0.3) is 0 Å². The van der Waals surface area contributed by atoms with Crippen molar-refractivity contribution in [3.8, 4) is 0 Å². The van der Waals surface area contributed by atoms with E-state index in [-0.39, 0.29) is 29.8 Å². The minimum atomic E-state index is -0.370. The van der Waals surface area contributed by atoms with Crippen LogP contribution in [0.3, 0.4) is 0 Å². The monoisotopic (exact) mass is 292 g/mol. The maximum atomic E-state index is 12.1. The van der Waals surface area contributed by atoms with Crippen molar-refractivity contribution in [2.45, 2.75) is 33.8 Å². The van der Waals surface area contributed by atoms with Gasteiger partial charge in [0.1, 0.15) is 0 Å². The molecule has 0 aromatic heterocycles. The highest BCUT2D eigenvalue weighted by Gasteiger charge is 2.20. The Morgan fingerprint density at radius 1 is 1.14 bits per heavy atom. The van der Waals surface area contributed by atoms with Crippen molar-refractivity contribution in [2.24, 2.45) is 17.6 Å². The molecule has 1 unspecified atom stereocenters. The third-order valence-corrected chi connectivity index (χ3v) is 3.13. The van der Waals surface area contributed by atoms with Crippen LogP contribution >= 0.6 is 0 Å². The van der Waals surface area contributed by atoms with Crippen LogP contribution in [0.2, 0.25) is 0 Å². The molecule has 0 spiro atoms. The van der Waals surface area contributed by atoms with E-state index in [9.17, 15) is 9.59 Å². The number of benzene rings is 1. The topological polar surface area (TPSA) is 81.4 Å². The predicted octanol–water partition coefficient (Wildman–Crippen LogP) is 2.42. The van der Waals surface area contributed by atoms with Crippen molar-refractivity contribution in [1.82, 2.24) is 0 Å². The second-order valence-corrected chi connectivity index (χ2v) is 5.61. The Balaban J connectivity index is 2.70. The summed E-state index contributed by atoms with van der Waals surface area (Å²) < 4.78 is 5.10. The van der Waals surface area contributed by atoms with Crippen LogP contribution in [0.5, 0.6) is 0 Å². The number of carbonyl (C=O) groups is 2. The highest BCUT2D eigenvalue weighted by molar-refractivity contribution is 5.94. The third-order valence-electron chi connectivity index (χ3n) is 3.13. The summed E-state index contributed by atoms with van der Waals surface area (Å²) in [7, 11) is 0. The number of nitrogens with two attached hydrogens (primary N) is 1. The second-order valence-electron chi connectivity index (χ2n) is 5.61. The SMILES string of the molecule is CC(C)OC(=O)c1ccc(NC(=O)C(CN)C(C)C)cc1. The number of ether oxygens (including phenoxy) is 1. The number of nitrogens with one attached hydrogen (secondary N) is 1. The number of rotatable bonds is 6. The molecule has 0 fully saturated rings. The van der Waals surface area contributed by atoms with Gasteiger partial charge in [0.05, 0.1) is 17.6 Å². The zero-order chi connectivity index (χ0) is 16.0. The number of hydrogen-bond acceptors (Lipinski definition) is 4. The Morgan fingerprint density at radius 2 is 1.71 bits per heavy atom. The molecule has 0 radical (unpaired) electrons. The molecule has 0 bridgehead atoms. The lowest BCUT2D eigenvalue weighted by atomic mass is 9.95. The normalized spacial score (nSPS) is 12.3. The average Bonchev–Trinajstić information content (AvgIpc) is 2.38. The molecule has 1 atom stereocenters. The smallest absolute Gasteiger partial charge is 0.338 e. The molecular weight excluding hydrogens is 268 g/mol. The van der Waals surface area contributed by atoms with Crippen molar-refractivity contribution >= 4 is 17.6 Å². The summed E-state index contributed by atoms with van der Waals surface area (Å²) in [6.45, 7) is 7.82. The summed E-state index contributed by atoms with van der Waals surface area (Å²) in [6.07, 6.45) is -0.159. The summed E-state index contributed by atoms with van der Waals surface area (Å²) in [5, 5.41) is 2.81. The number of carbonyl (C=O) groups excluding carboxylic acids is 2. The van der Waals surface area contributed by atoms with Crippen LogP contribution in [0.4, 0.5) is 5.69 Å². The van der Waals surface area contributed by atoms with Gasteiger partial charge in [-0.3, -0.25) is 4.79 Å². The summed E-state index contributed by atoms with van der Waals surface area (Å²) in [5.41, 5.74) is 6.71. The summed E-state index contributed by atoms with van der Waals surface area (Å²) in [6, 6.07) is 6.63. The Kier molecular flexibility index (Phi) is 6.37. The zero-order valence-corrected chi connectivity index (χ0v) is 13.1. The van der Waals surface area contributed by atoms with Gasteiger partial charge in [-0.15, -0.1) is 0 Å². The van der Waals surface area contributed by atoms with Gasteiger partial charge < -0.3 is 15.8 Å². The molecule has 0 saturated heterocycles. The maximum absolute atomic E-state index is 12.1. The van der Waals surface area contributed by atoms with Gasteiger partial charge >= 0.3 is 5.97 Å². The van der Waals surface area contributed by atoms with E-state index in [2.05, 4.69) is 5.32 Å². The fourth-order valence-electron chi connectivity index (χ4n) is 1.89. The molecule has 116 valence electrons. The average molecular weight is 292 g/mol. The van der Waals surface area contributed by atoms with Gasteiger partial charge in [-0.1, -0.05) is 13.8 Å². The largest absolute Gasteiger partial charge is 0.459 e. The van der Waals surface area contributed by atoms with Gasteiger partial charge in [0.2, 0.25) is 5.91 Å². The molecule has 5 nitrogen and oxygen atoms in total. The molecule has 3 N–H and O–H groups in total. The molecule has 21 heavy (non-hydrogen) atoms. The first-order valence-electron chi connectivity index (χ1n) is 7.17. The number of amides is 1. The van der Waals surface area contributed by atoms with E-state index in [1.165, 1.54) is 0 Å². The van der Waals surface area contributed by atoms with Crippen LogP contribution in [0.25, 0.3) is 0 Å². The Morgan fingerprint density at radius 3 is 2.14 bits per heavy atom. The van der Waals surface area contributed by atoms with Gasteiger partial charge in [-0.05, 0) is 44.0 Å². The zero-order valence-electron chi connectivity index (χ0n) is 13.1. The maximum Gasteiger partial charge on any atom is 0.338 e. The standard InChI is InChI=1S/C16H24N2O3/c1-10(2)14(9-17)15(19)18-13-7-5-12(6-8-13)16(20)21-11(3)4/h5-8,10-11,14H,9,17H2,1-4H3,(H,18,19). The fraction of sp³-hybridized carbons (Fsp3) is 0.500. The molecule has 0 saturated carbocycles. The quantitative estimate of drug-likeness (QED) is 0.789. The molecule has 1 rings (SSSR count). The number of esters is 1. The van der Waals surface area contributed by atoms with Crippen LogP contribution in [0.1, 0.15) is 38.1 Å². The Bertz CT molecular complexity index is 481. The van der Waals surface area contributed by atoms with Crippen LogP contribution in [-0.2, 0) is 9.53 Å². The van der Waals surface area contributed by atoms with Crippen LogP contribution in [-0.4, -0.2) is 24.5 Å². The van der Waals surface area contributed by atoms with E-state index < -0.39 is 0 Å². The molecule has 5 heteroatoms. The van der Waals surface area contributed by atoms with Crippen LogP contribution in [0, 0.1) is 11.8 Å². The third kappa shape index (κ3) is 5.19. The van der Waals surface area contributed by atoms with Crippen molar-refractivity contribution in [3.63, 3.8) is 0 Å². The lowest BCUT2D eigenvalue weighted by Crippen LogP contribution is -2.33. The molecular formula is C16H24N2O3. The molecule has 1 amide bonds. The number of anilines is 1. The molecule has 0 aliphatic heterocycles. The van der Waals surface area contributed by atoms with Crippen LogP contribution in [0.15, 0.2) is 24.3 Å². The van der Waals surface area contributed by atoms with Crippen molar-refractivity contribution in [2.75, 3.05) is 11.9 Å². The van der Waals surface area contributed by atoms with Gasteiger partial charge in [0, 0.05) is 12.2 Å². The Labute approximate surface area is 125 Å². The molecule has 0 aliphatic rings. The van der Waals surface area contributed by atoms with Crippen molar-refractivity contribution < 1.29 is 14.3 Å². The summed E-state index contributed by atoms with van der Waals surface area (Å²) >= 11 is 0. The Hall–Kier alpha value is -1.88.